The average Bonchev–Trinajstić information content (AvgIpc) is 3.37. The minimum absolute atomic E-state index is 0.0407. The summed E-state index contributed by atoms with van der Waals surface area (Å²) in [5.74, 6) is -2.04. The lowest BCUT2D eigenvalue weighted by Crippen LogP contribution is -2.18. The third kappa shape index (κ3) is 3.62. The van der Waals surface area contributed by atoms with Crippen molar-refractivity contribution in [1.29, 1.82) is 0 Å². The van der Waals surface area contributed by atoms with Crippen LogP contribution in [0.4, 0.5) is 14.5 Å². The largest absolute Gasteiger partial charge is 0.326 e. The number of hydrogen-bond donors (Lipinski definition) is 2. The summed E-state index contributed by atoms with van der Waals surface area (Å²) < 4.78 is 26.3. The van der Waals surface area contributed by atoms with E-state index in [9.17, 15) is 13.6 Å². The fraction of sp³-hybridized carbons (Fsp3) is 0.316. The van der Waals surface area contributed by atoms with Crippen LogP contribution in [-0.4, -0.2) is 12.5 Å². The summed E-state index contributed by atoms with van der Waals surface area (Å²) >= 11 is 0. The van der Waals surface area contributed by atoms with E-state index in [4.69, 9.17) is 0 Å². The third-order valence-electron chi connectivity index (χ3n) is 4.34. The quantitative estimate of drug-likeness (QED) is 0.845. The molecule has 3 rings (SSSR count). The van der Waals surface area contributed by atoms with E-state index >= 15 is 0 Å². The maximum atomic E-state index is 13.3. The van der Waals surface area contributed by atoms with Crippen molar-refractivity contribution in [2.75, 3.05) is 11.9 Å². The van der Waals surface area contributed by atoms with Crippen LogP contribution in [0.25, 0.3) is 0 Å². The van der Waals surface area contributed by atoms with Gasteiger partial charge in [-0.25, -0.2) is 8.78 Å². The molecule has 2 aromatic rings. The molecule has 1 saturated carbocycles. The topological polar surface area (TPSA) is 41.1 Å². The monoisotopic (exact) mass is 330 g/mol. The highest BCUT2D eigenvalue weighted by Gasteiger charge is 2.44. The summed E-state index contributed by atoms with van der Waals surface area (Å²) in [6.45, 7) is 3.56. The molecule has 0 saturated heterocycles. The summed E-state index contributed by atoms with van der Waals surface area (Å²) in [6.07, 6.45) is 0.659. The van der Waals surface area contributed by atoms with E-state index in [2.05, 4.69) is 10.6 Å². The van der Waals surface area contributed by atoms with Crippen LogP contribution in [0.15, 0.2) is 42.5 Å². The van der Waals surface area contributed by atoms with Crippen molar-refractivity contribution < 1.29 is 13.6 Å². The first kappa shape index (κ1) is 16.6. The van der Waals surface area contributed by atoms with Crippen molar-refractivity contribution in [3.63, 3.8) is 0 Å². The molecule has 0 unspecified atom stereocenters. The highest BCUT2D eigenvalue weighted by atomic mass is 19.2. The highest BCUT2D eigenvalue weighted by Crippen LogP contribution is 2.48. The fourth-order valence-corrected chi connectivity index (χ4v) is 2.88. The molecule has 126 valence electrons. The van der Waals surface area contributed by atoms with Gasteiger partial charge in [0.05, 0.1) is 0 Å². The number of hydrogen-bond acceptors (Lipinski definition) is 2. The molecular weight excluding hydrogens is 310 g/mol. The fourth-order valence-electron chi connectivity index (χ4n) is 2.88. The Morgan fingerprint density at radius 3 is 2.71 bits per heavy atom. The molecule has 2 atom stereocenters. The van der Waals surface area contributed by atoms with E-state index in [0.29, 0.717) is 18.5 Å². The molecule has 2 N–H and O–H groups in total. The number of rotatable bonds is 6. The zero-order valence-electron chi connectivity index (χ0n) is 13.5. The van der Waals surface area contributed by atoms with Gasteiger partial charge >= 0.3 is 0 Å². The maximum absolute atomic E-state index is 13.3. The molecule has 0 aromatic heterocycles. The van der Waals surface area contributed by atoms with E-state index in [1.807, 2.05) is 31.2 Å². The second-order valence-corrected chi connectivity index (χ2v) is 6.05. The summed E-state index contributed by atoms with van der Waals surface area (Å²) in [6, 6.07) is 11.5. The van der Waals surface area contributed by atoms with Gasteiger partial charge in [-0.3, -0.25) is 4.79 Å². The minimum atomic E-state index is -0.866. The number of amides is 1. The Bertz CT molecular complexity index is 748. The second-order valence-electron chi connectivity index (χ2n) is 6.05. The van der Waals surface area contributed by atoms with E-state index in [1.165, 1.54) is 6.07 Å². The van der Waals surface area contributed by atoms with Gasteiger partial charge in [0.25, 0.3) is 0 Å². The normalized spacial score (nSPS) is 19.1. The lowest BCUT2D eigenvalue weighted by atomic mass is 10.1. The first-order chi connectivity index (χ1) is 11.6. The molecule has 1 aliphatic rings. The van der Waals surface area contributed by atoms with Gasteiger partial charge in [0.15, 0.2) is 11.6 Å². The Kier molecular flexibility index (Phi) is 4.90. The summed E-state index contributed by atoms with van der Waals surface area (Å²) in [4.78, 5) is 12.4. The van der Waals surface area contributed by atoms with Crippen molar-refractivity contribution in [2.45, 2.75) is 25.8 Å². The number of para-hydroxylation sites is 1. The molecular formula is C19H20F2N2O. The number of carbonyl (C=O) groups excluding carboxylic acids is 1. The molecule has 0 spiro atoms. The zero-order chi connectivity index (χ0) is 17.1. The van der Waals surface area contributed by atoms with Gasteiger partial charge in [0, 0.05) is 18.2 Å². The van der Waals surface area contributed by atoms with Gasteiger partial charge in [-0.05, 0) is 48.2 Å². The maximum Gasteiger partial charge on any atom is 0.228 e. The van der Waals surface area contributed by atoms with E-state index in [0.717, 1.165) is 23.9 Å². The first-order valence-electron chi connectivity index (χ1n) is 8.14. The van der Waals surface area contributed by atoms with Gasteiger partial charge in [-0.2, -0.15) is 0 Å². The molecule has 0 heterocycles. The van der Waals surface area contributed by atoms with Gasteiger partial charge in [-0.15, -0.1) is 0 Å². The molecule has 2 aromatic carbocycles. The van der Waals surface area contributed by atoms with Gasteiger partial charge in [0.2, 0.25) is 5.91 Å². The number of benzene rings is 2. The van der Waals surface area contributed by atoms with Crippen LogP contribution in [-0.2, 0) is 11.3 Å². The molecule has 0 radical (unpaired) electrons. The van der Waals surface area contributed by atoms with E-state index < -0.39 is 11.6 Å². The van der Waals surface area contributed by atoms with Crippen LogP contribution in [0.5, 0.6) is 0 Å². The smallest absolute Gasteiger partial charge is 0.228 e. The third-order valence-corrected chi connectivity index (χ3v) is 4.34. The Morgan fingerprint density at radius 1 is 1.17 bits per heavy atom. The predicted molar refractivity (Wildman–Crippen MR) is 89.7 cm³/mol. The molecule has 1 fully saturated rings. The van der Waals surface area contributed by atoms with Crippen molar-refractivity contribution in [1.82, 2.24) is 5.32 Å². The van der Waals surface area contributed by atoms with Crippen LogP contribution >= 0.6 is 0 Å². The van der Waals surface area contributed by atoms with E-state index in [1.54, 1.807) is 6.07 Å². The van der Waals surface area contributed by atoms with Crippen molar-refractivity contribution >= 4 is 11.6 Å². The molecule has 24 heavy (non-hydrogen) atoms. The Hall–Kier alpha value is -2.27. The van der Waals surface area contributed by atoms with Gasteiger partial charge in [-0.1, -0.05) is 31.2 Å². The van der Waals surface area contributed by atoms with Crippen molar-refractivity contribution in [3.05, 3.63) is 65.2 Å². The summed E-state index contributed by atoms with van der Waals surface area (Å²) in [7, 11) is 0. The number of nitrogens with one attached hydrogen (secondary N) is 2. The van der Waals surface area contributed by atoms with Gasteiger partial charge in [0.1, 0.15) is 0 Å². The molecule has 1 aliphatic carbocycles. The van der Waals surface area contributed by atoms with Crippen molar-refractivity contribution in [2.24, 2.45) is 5.92 Å². The standard InChI is InChI=1S/C19H20F2N2O/c1-2-22-11-13-5-3-4-6-18(13)23-19(24)15-10-14(15)12-7-8-16(20)17(21)9-12/h3-9,14-15,22H,2,10-11H2,1H3,(H,23,24)/t14-,15+/m1/s1. The van der Waals surface area contributed by atoms with Crippen LogP contribution in [0.1, 0.15) is 30.4 Å². The molecule has 0 bridgehead atoms. The highest BCUT2D eigenvalue weighted by molar-refractivity contribution is 5.95. The number of halogens is 2. The summed E-state index contributed by atoms with van der Waals surface area (Å²) in [5.41, 5.74) is 2.49. The van der Waals surface area contributed by atoms with Gasteiger partial charge < -0.3 is 10.6 Å². The van der Waals surface area contributed by atoms with Crippen LogP contribution in [0.2, 0.25) is 0 Å². The Balaban J connectivity index is 1.66. The Labute approximate surface area is 140 Å². The molecule has 1 amide bonds. The first-order valence-corrected chi connectivity index (χ1v) is 8.14. The SMILES string of the molecule is CCNCc1ccccc1NC(=O)[C@H]1C[C@@H]1c1ccc(F)c(F)c1. The Morgan fingerprint density at radius 2 is 1.96 bits per heavy atom. The predicted octanol–water partition coefficient (Wildman–Crippen LogP) is 3.82. The van der Waals surface area contributed by atoms with Crippen molar-refractivity contribution in [3.8, 4) is 0 Å². The second kappa shape index (κ2) is 7.09. The molecule has 5 heteroatoms. The minimum Gasteiger partial charge on any atom is -0.326 e. The number of anilines is 1. The van der Waals surface area contributed by atoms with Crippen LogP contribution in [0, 0.1) is 17.6 Å². The average molecular weight is 330 g/mol. The molecule has 3 nitrogen and oxygen atoms in total. The van der Waals surface area contributed by atoms with Crippen LogP contribution in [0.3, 0.4) is 0 Å². The van der Waals surface area contributed by atoms with E-state index in [-0.39, 0.29) is 17.7 Å². The zero-order valence-corrected chi connectivity index (χ0v) is 13.5. The summed E-state index contributed by atoms with van der Waals surface area (Å²) in [5, 5.41) is 6.20. The lowest BCUT2D eigenvalue weighted by Gasteiger charge is -2.11. The number of carbonyl (C=O) groups is 1. The lowest BCUT2D eigenvalue weighted by molar-refractivity contribution is -0.117. The van der Waals surface area contributed by atoms with Crippen LogP contribution < -0.4 is 10.6 Å². The molecule has 0 aliphatic heterocycles.